The second kappa shape index (κ2) is 8.91. The van der Waals surface area contributed by atoms with E-state index in [1.54, 1.807) is 0 Å². The molecule has 1 saturated heterocycles. The van der Waals surface area contributed by atoms with Crippen molar-refractivity contribution in [2.24, 2.45) is 0 Å². The van der Waals surface area contributed by atoms with Crippen molar-refractivity contribution in [1.29, 1.82) is 0 Å². The summed E-state index contributed by atoms with van der Waals surface area (Å²) in [6.45, 7) is 4.73. The van der Waals surface area contributed by atoms with Crippen LogP contribution in [0.4, 0.5) is 0 Å². The first kappa shape index (κ1) is 15.8. The molecule has 0 bridgehead atoms. The molecule has 3 N–H and O–H groups in total. The molecule has 1 aliphatic heterocycles. The summed E-state index contributed by atoms with van der Waals surface area (Å²) in [7, 11) is -0.0824. The van der Waals surface area contributed by atoms with E-state index in [1.807, 2.05) is 0 Å². The van der Waals surface area contributed by atoms with E-state index >= 15 is 0 Å². The molecule has 7 heteroatoms. The predicted octanol–water partition coefficient (Wildman–Crippen LogP) is -0.658. The Labute approximate surface area is 102 Å². The smallest absolute Gasteiger partial charge is 0.344 e. The summed E-state index contributed by atoms with van der Waals surface area (Å²) in [5.41, 5.74) is 2.70. The second-order valence-electron chi connectivity index (χ2n) is 3.59. The molecular weight excluding hydrogens is 244 g/mol. The number of carboxylic acids is 2. The van der Waals surface area contributed by atoms with E-state index in [4.69, 9.17) is 20.1 Å². The summed E-state index contributed by atoms with van der Waals surface area (Å²) in [5.74, 6) is -3.50. The lowest BCUT2D eigenvalue weighted by molar-refractivity contribution is -0.160. The molecule has 0 amide bonds. The average molecular weight is 262 g/mol. The molecule has 1 atom stereocenters. The zero-order valence-corrected chi connectivity index (χ0v) is 11.0. The van der Waals surface area contributed by atoms with Crippen molar-refractivity contribution in [3.63, 3.8) is 0 Å². The lowest BCUT2D eigenvalue weighted by Crippen LogP contribution is -2.28. The Morgan fingerprint density at radius 1 is 1.35 bits per heavy atom. The number of aliphatic hydroxyl groups excluding tert-OH is 1. The van der Waals surface area contributed by atoms with Gasteiger partial charge in [-0.3, -0.25) is 0 Å². The molecule has 0 aliphatic carbocycles. The van der Waals surface area contributed by atoms with Crippen molar-refractivity contribution in [3.05, 3.63) is 12.3 Å². The fourth-order valence-corrected chi connectivity index (χ4v) is 2.48. The third kappa shape index (κ3) is 7.67. The molecular formula is C10H18O6Si. The van der Waals surface area contributed by atoms with Gasteiger partial charge < -0.3 is 20.1 Å². The Kier molecular flexibility index (Phi) is 8.29. The summed E-state index contributed by atoms with van der Waals surface area (Å²) >= 11 is 0. The van der Waals surface area contributed by atoms with Crippen molar-refractivity contribution in [3.8, 4) is 0 Å². The van der Waals surface area contributed by atoms with E-state index in [2.05, 4.69) is 12.3 Å². The average Bonchev–Trinajstić information content (AvgIpc) is 2.30. The fourth-order valence-electron chi connectivity index (χ4n) is 1.28. The van der Waals surface area contributed by atoms with Gasteiger partial charge in [-0.05, 0) is 19.3 Å². The SMILES string of the molecule is C=C[SiH2]C1CCCCO1.O=C(O)C(O)C(=O)O. The number of aliphatic hydroxyl groups is 1. The number of rotatable bonds is 4. The maximum atomic E-state index is 9.51. The number of hydrogen-bond donors (Lipinski definition) is 3. The quantitative estimate of drug-likeness (QED) is 0.459. The van der Waals surface area contributed by atoms with Gasteiger partial charge in [0.25, 0.3) is 0 Å². The van der Waals surface area contributed by atoms with Gasteiger partial charge in [-0.15, -0.1) is 12.3 Å². The van der Waals surface area contributed by atoms with Crippen LogP contribution in [-0.4, -0.2) is 55.2 Å². The van der Waals surface area contributed by atoms with E-state index in [1.165, 1.54) is 19.3 Å². The normalized spacial score (nSPS) is 19.8. The first-order valence-corrected chi connectivity index (χ1v) is 6.98. The van der Waals surface area contributed by atoms with Gasteiger partial charge in [0.2, 0.25) is 6.10 Å². The van der Waals surface area contributed by atoms with E-state index in [0.29, 0.717) is 5.73 Å². The first-order chi connectivity index (χ1) is 7.99. The van der Waals surface area contributed by atoms with Crippen LogP contribution in [0.2, 0.25) is 0 Å². The van der Waals surface area contributed by atoms with Gasteiger partial charge >= 0.3 is 11.9 Å². The highest BCUT2D eigenvalue weighted by atomic mass is 28.2. The number of ether oxygens (including phenoxy) is 1. The minimum Gasteiger partial charge on any atom is -0.479 e. The van der Waals surface area contributed by atoms with Crippen LogP contribution in [0.3, 0.4) is 0 Å². The summed E-state index contributed by atoms with van der Waals surface area (Å²) in [5, 5.41) is 23.4. The molecule has 1 fully saturated rings. The van der Waals surface area contributed by atoms with Gasteiger partial charge in [-0.1, -0.05) is 0 Å². The van der Waals surface area contributed by atoms with Crippen LogP contribution in [-0.2, 0) is 14.3 Å². The Morgan fingerprint density at radius 3 is 2.24 bits per heavy atom. The standard InChI is InChI=1S/C7H14OSi.C3H4O5/c1-2-9-7-5-3-4-6-8-7;4-1(2(5)6)3(7)8/h2,7H,1,3-6,9H2;1,4H,(H,5,6)(H,7,8). The minimum atomic E-state index is -2.30. The van der Waals surface area contributed by atoms with Gasteiger partial charge in [-0.2, -0.15) is 0 Å². The summed E-state index contributed by atoms with van der Waals surface area (Å²) in [6.07, 6.45) is 1.63. The van der Waals surface area contributed by atoms with Crippen LogP contribution < -0.4 is 0 Å². The first-order valence-electron chi connectivity index (χ1n) is 5.35. The molecule has 0 spiro atoms. The summed E-state index contributed by atoms with van der Waals surface area (Å²) in [4.78, 5) is 19.0. The zero-order chi connectivity index (χ0) is 13.3. The minimum absolute atomic E-state index is 0.0824. The molecule has 0 aromatic heterocycles. The van der Waals surface area contributed by atoms with E-state index in [9.17, 15) is 9.59 Å². The summed E-state index contributed by atoms with van der Waals surface area (Å²) in [6, 6.07) is 0. The predicted molar refractivity (Wildman–Crippen MR) is 63.6 cm³/mol. The van der Waals surface area contributed by atoms with Crippen molar-refractivity contribution in [1.82, 2.24) is 0 Å². The monoisotopic (exact) mass is 262 g/mol. The van der Waals surface area contributed by atoms with E-state index in [-0.39, 0.29) is 9.52 Å². The van der Waals surface area contributed by atoms with Crippen LogP contribution in [0, 0.1) is 0 Å². The molecule has 0 aromatic rings. The highest BCUT2D eigenvalue weighted by Gasteiger charge is 2.20. The lowest BCUT2D eigenvalue weighted by atomic mass is 10.2. The molecule has 0 aromatic carbocycles. The van der Waals surface area contributed by atoms with Gasteiger partial charge in [0.1, 0.15) is 0 Å². The molecule has 6 nitrogen and oxygen atoms in total. The molecule has 0 saturated carbocycles. The van der Waals surface area contributed by atoms with Crippen LogP contribution in [0.5, 0.6) is 0 Å². The molecule has 1 unspecified atom stereocenters. The lowest BCUT2D eigenvalue weighted by Gasteiger charge is -2.20. The molecule has 1 rings (SSSR count). The van der Waals surface area contributed by atoms with Crippen LogP contribution in [0.15, 0.2) is 12.3 Å². The Balaban J connectivity index is 0.000000304. The van der Waals surface area contributed by atoms with Crippen molar-refractivity contribution >= 4 is 21.5 Å². The van der Waals surface area contributed by atoms with Gasteiger partial charge in [0, 0.05) is 12.3 Å². The van der Waals surface area contributed by atoms with Crippen molar-refractivity contribution in [2.75, 3.05) is 6.61 Å². The van der Waals surface area contributed by atoms with Crippen LogP contribution in [0.25, 0.3) is 0 Å². The maximum absolute atomic E-state index is 9.51. The summed E-state index contributed by atoms with van der Waals surface area (Å²) < 4.78 is 5.51. The zero-order valence-electron chi connectivity index (χ0n) is 9.54. The van der Waals surface area contributed by atoms with Gasteiger partial charge in [0.05, 0.1) is 9.52 Å². The highest BCUT2D eigenvalue weighted by Crippen LogP contribution is 2.10. The highest BCUT2D eigenvalue weighted by molar-refractivity contribution is 6.43. The molecule has 0 radical (unpaired) electrons. The maximum Gasteiger partial charge on any atom is 0.344 e. The van der Waals surface area contributed by atoms with E-state index < -0.39 is 18.0 Å². The molecule has 1 heterocycles. The van der Waals surface area contributed by atoms with Crippen LogP contribution in [0.1, 0.15) is 19.3 Å². The number of carboxylic acid groups (broad SMARTS) is 2. The number of carbonyl (C=O) groups is 2. The second-order valence-corrected chi connectivity index (χ2v) is 5.55. The number of hydrogen-bond acceptors (Lipinski definition) is 4. The largest absolute Gasteiger partial charge is 0.479 e. The van der Waals surface area contributed by atoms with Crippen LogP contribution >= 0.6 is 0 Å². The topological polar surface area (TPSA) is 104 Å². The molecule has 1 aliphatic rings. The Morgan fingerprint density at radius 2 is 1.94 bits per heavy atom. The van der Waals surface area contributed by atoms with Crippen molar-refractivity contribution < 1.29 is 29.6 Å². The Bertz CT molecular complexity index is 248. The molecule has 17 heavy (non-hydrogen) atoms. The van der Waals surface area contributed by atoms with Gasteiger partial charge in [0.15, 0.2) is 0 Å². The third-order valence-corrected chi connectivity index (χ3v) is 3.67. The molecule has 98 valence electrons. The Hall–Kier alpha value is -1.18. The fraction of sp³-hybridized carbons (Fsp3) is 0.600. The van der Waals surface area contributed by atoms with Gasteiger partial charge in [-0.25, -0.2) is 9.59 Å². The van der Waals surface area contributed by atoms with Crippen molar-refractivity contribution in [2.45, 2.75) is 31.1 Å². The van der Waals surface area contributed by atoms with E-state index in [0.717, 1.165) is 6.61 Å². The number of aliphatic carboxylic acids is 2. The third-order valence-electron chi connectivity index (χ3n) is 2.17.